The zero-order valence-electron chi connectivity index (χ0n) is 19.1. The summed E-state index contributed by atoms with van der Waals surface area (Å²) in [6.07, 6.45) is 0. The van der Waals surface area contributed by atoms with Crippen molar-refractivity contribution in [2.75, 3.05) is 13.7 Å². The molecule has 0 fully saturated rings. The number of benzene rings is 4. The maximum absolute atomic E-state index is 12.7. The molecule has 0 aliphatic carbocycles. The highest BCUT2D eigenvalue weighted by molar-refractivity contribution is 9.10. The van der Waals surface area contributed by atoms with Crippen LogP contribution in [0.15, 0.2) is 102 Å². The fourth-order valence-corrected chi connectivity index (χ4v) is 4.11. The van der Waals surface area contributed by atoms with Gasteiger partial charge in [0.15, 0.2) is 23.9 Å². The van der Waals surface area contributed by atoms with E-state index in [0.29, 0.717) is 28.1 Å². The lowest BCUT2D eigenvalue weighted by Crippen LogP contribution is -2.14. The van der Waals surface area contributed by atoms with Gasteiger partial charge in [-0.05, 0) is 44.8 Å². The molecule has 0 amide bonds. The number of rotatable bonds is 9. The van der Waals surface area contributed by atoms with Gasteiger partial charge in [-0.15, -0.1) is 0 Å². The molecule has 0 saturated heterocycles. The van der Waals surface area contributed by atoms with Gasteiger partial charge in [-0.2, -0.15) is 0 Å². The molecule has 5 nitrogen and oxygen atoms in total. The Kier molecular flexibility index (Phi) is 7.95. The minimum absolute atomic E-state index is 0.243. The van der Waals surface area contributed by atoms with Crippen LogP contribution in [0, 0.1) is 0 Å². The van der Waals surface area contributed by atoms with E-state index in [9.17, 15) is 9.59 Å². The van der Waals surface area contributed by atoms with Gasteiger partial charge in [-0.25, -0.2) is 4.79 Å². The largest absolute Gasteiger partial charge is 0.492 e. The molecule has 35 heavy (non-hydrogen) atoms. The monoisotopic (exact) mass is 530 g/mol. The van der Waals surface area contributed by atoms with Gasteiger partial charge in [0, 0.05) is 5.56 Å². The highest BCUT2D eigenvalue weighted by Crippen LogP contribution is 2.37. The van der Waals surface area contributed by atoms with Crippen LogP contribution in [0.25, 0.3) is 11.1 Å². The highest BCUT2D eigenvalue weighted by atomic mass is 79.9. The van der Waals surface area contributed by atoms with Crippen LogP contribution in [0.1, 0.15) is 26.3 Å². The van der Waals surface area contributed by atoms with Crippen LogP contribution in [0.2, 0.25) is 0 Å². The SMILES string of the molecule is COc1c(Br)cc(C(=O)OCC(=O)c2ccc(-c3ccccc3)cc2)cc1OCc1ccccc1. The second kappa shape index (κ2) is 11.5. The van der Waals surface area contributed by atoms with Crippen LogP contribution < -0.4 is 9.47 Å². The van der Waals surface area contributed by atoms with E-state index in [1.54, 1.807) is 24.3 Å². The van der Waals surface area contributed by atoms with Gasteiger partial charge < -0.3 is 14.2 Å². The predicted molar refractivity (Wildman–Crippen MR) is 138 cm³/mol. The van der Waals surface area contributed by atoms with Crippen LogP contribution in [-0.4, -0.2) is 25.5 Å². The Balaban J connectivity index is 1.41. The third-order valence-electron chi connectivity index (χ3n) is 5.33. The van der Waals surface area contributed by atoms with Crippen molar-refractivity contribution < 1.29 is 23.8 Å². The van der Waals surface area contributed by atoms with Crippen LogP contribution in [0.3, 0.4) is 0 Å². The molecule has 4 aromatic rings. The van der Waals surface area contributed by atoms with Gasteiger partial charge in [0.25, 0.3) is 0 Å². The molecule has 0 N–H and O–H groups in total. The first-order valence-electron chi connectivity index (χ1n) is 10.9. The van der Waals surface area contributed by atoms with Crippen LogP contribution in [-0.2, 0) is 11.3 Å². The number of ether oxygens (including phenoxy) is 3. The van der Waals surface area contributed by atoms with Gasteiger partial charge in [0.1, 0.15) is 6.61 Å². The second-order valence-corrected chi connectivity index (χ2v) is 8.56. The van der Waals surface area contributed by atoms with E-state index in [1.165, 1.54) is 7.11 Å². The summed E-state index contributed by atoms with van der Waals surface area (Å²) in [6, 6.07) is 29.9. The average Bonchev–Trinajstić information content (AvgIpc) is 2.91. The molecule has 176 valence electrons. The molecule has 0 aliphatic rings. The maximum Gasteiger partial charge on any atom is 0.338 e. The summed E-state index contributed by atoms with van der Waals surface area (Å²) in [5, 5.41) is 0. The normalized spacial score (nSPS) is 10.5. The standard InChI is InChI=1S/C29H23BrO5/c1-33-28-25(30)16-24(17-27(28)34-18-20-8-4-2-5-9-20)29(32)35-19-26(31)23-14-12-22(13-15-23)21-10-6-3-7-11-21/h2-17H,18-19H2,1H3. The van der Waals surface area contributed by atoms with Gasteiger partial charge in [-0.1, -0.05) is 84.9 Å². The molecule has 0 saturated carbocycles. The van der Waals surface area contributed by atoms with Crippen molar-refractivity contribution in [3.8, 4) is 22.6 Å². The summed E-state index contributed by atoms with van der Waals surface area (Å²) in [4.78, 5) is 25.3. The third kappa shape index (κ3) is 6.16. The summed E-state index contributed by atoms with van der Waals surface area (Å²) in [6.45, 7) is -0.0625. The summed E-state index contributed by atoms with van der Waals surface area (Å²) in [5.41, 5.74) is 3.76. The highest BCUT2D eigenvalue weighted by Gasteiger charge is 2.18. The lowest BCUT2D eigenvalue weighted by molar-refractivity contribution is 0.0474. The molecule has 0 bridgehead atoms. The van der Waals surface area contributed by atoms with Gasteiger partial charge in [-0.3, -0.25) is 4.79 Å². The number of hydrogen-bond acceptors (Lipinski definition) is 5. The Morgan fingerprint density at radius 3 is 2.06 bits per heavy atom. The molecule has 0 spiro atoms. The van der Waals surface area contributed by atoms with E-state index in [4.69, 9.17) is 14.2 Å². The smallest absolute Gasteiger partial charge is 0.338 e. The van der Waals surface area contributed by atoms with Crippen molar-refractivity contribution in [1.82, 2.24) is 0 Å². The van der Waals surface area contributed by atoms with Crippen molar-refractivity contribution in [2.45, 2.75) is 6.61 Å². The zero-order chi connectivity index (χ0) is 24.6. The summed E-state index contributed by atoms with van der Waals surface area (Å²) in [7, 11) is 1.52. The number of esters is 1. The van der Waals surface area contributed by atoms with E-state index < -0.39 is 5.97 Å². The summed E-state index contributed by atoms with van der Waals surface area (Å²) in [5.74, 6) is -0.0640. The molecule has 0 aromatic heterocycles. The average molecular weight is 531 g/mol. The van der Waals surface area contributed by atoms with E-state index in [0.717, 1.165) is 16.7 Å². The zero-order valence-corrected chi connectivity index (χ0v) is 20.7. The molecular formula is C29H23BrO5. The Morgan fingerprint density at radius 2 is 1.40 bits per heavy atom. The number of halogens is 1. The number of carbonyl (C=O) groups is 2. The molecule has 0 aliphatic heterocycles. The first-order chi connectivity index (χ1) is 17.0. The first kappa shape index (κ1) is 24.2. The number of hydrogen-bond donors (Lipinski definition) is 0. The lowest BCUT2D eigenvalue weighted by Gasteiger charge is -2.14. The van der Waals surface area contributed by atoms with Crippen LogP contribution in [0.5, 0.6) is 11.5 Å². The molecule has 0 radical (unpaired) electrons. The van der Waals surface area contributed by atoms with Crippen LogP contribution >= 0.6 is 15.9 Å². The van der Waals surface area contributed by atoms with Crippen molar-refractivity contribution in [2.24, 2.45) is 0 Å². The Morgan fingerprint density at radius 1 is 0.771 bits per heavy atom. The molecular weight excluding hydrogens is 508 g/mol. The molecule has 0 atom stereocenters. The lowest BCUT2D eigenvalue weighted by atomic mass is 10.0. The predicted octanol–water partition coefficient (Wildman–Crippen LogP) is 6.74. The Labute approximate surface area is 212 Å². The number of Topliss-reactive ketones (excluding diaryl/α,β-unsaturated/α-hetero) is 1. The fourth-order valence-electron chi connectivity index (χ4n) is 3.50. The molecule has 0 unspecified atom stereocenters. The van der Waals surface area contributed by atoms with Crippen molar-refractivity contribution >= 4 is 27.7 Å². The van der Waals surface area contributed by atoms with E-state index in [1.807, 2.05) is 72.8 Å². The van der Waals surface area contributed by atoms with Gasteiger partial charge >= 0.3 is 5.97 Å². The Bertz CT molecular complexity index is 1300. The molecule has 4 rings (SSSR count). The maximum atomic E-state index is 12.7. The Hall–Kier alpha value is -3.90. The minimum atomic E-state index is -0.632. The van der Waals surface area contributed by atoms with Gasteiger partial charge in [0.05, 0.1) is 17.1 Å². The first-order valence-corrected chi connectivity index (χ1v) is 11.7. The fraction of sp³-hybridized carbons (Fsp3) is 0.103. The number of carbonyl (C=O) groups excluding carboxylic acids is 2. The van der Waals surface area contributed by atoms with E-state index >= 15 is 0 Å². The molecule has 0 heterocycles. The number of ketones is 1. The van der Waals surface area contributed by atoms with Crippen molar-refractivity contribution in [3.05, 3.63) is 118 Å². The topological polar surface area (TPSA) is 61.8 Å². The van der Waals surface area contributed by atoms with Crippen molar-refractivity contribution in [3.63, 3.8) is 0 Å². The van der Waals surface area contributed by atoms with E-state index in [2.05, 4.69) is 15.9 Å². The van der Waals surface area contributed by atoms with Crippen molar-refractivity contribution in [1.29, 1.82) is 0 Å². The minimum Gasteiger partial charge on any atom is -0.492 e. The quantitative estimate of drug-likeness (QED) is 0.177. The third-order valence-corrected chi connectivity index (χ3v) is 5.92. The van der Waals surface area contributed by atoms with E-state index in [-0.39, 0.29) is 18.0 Å². The van der Waals surface area contributed by atoms with Crippen LogP contribution in [0.4, 0.5) is 0 Å². The summed E-state index contributed by atoms with van der Waals surface area (Å²) < 4.78 is 17.2. The molecule has 6 heteroatoms. The second-order valence-electron chi connectivity index (χ2n) is 7.71. The molecule has 4 aromatic carbocycles. The van der Waals surface area contributed by atoms with Gasteiger partial charge in [0.2, 0.25) is 0 Å². The summed E-state index contributed by atoms with van der Waals surface area (Å²) >= 11 is 3.42. The number of methoxy groups -OCH3 is 1.